The number of H-pyrrole nitrogens is 1. The van der Waals surface area contributed by atoms with Gasteiger partial charge in [0.1, 0.15) is 5.69 Å². The van der Waals surface area contributed by atoms with Gasteiger partial charge < -0.3 is 10.7 Å². The van der Waals surface area contributed by atoms with E-state index in [0.717, 1.165) is 0 Å². The molecule has 2 fully saturated rings. The molecule has 5 nitrogen and oxygen atoms in total. The summed E-state index contributed by atoms with van der Waals surface area (Å²) in [4.78, 5) is 31.7. The molecule has 0 radical (unpaired) electrons. The lowest BCUT2D eigenvalue weighted by Crippen LogP contribution is -2.35. The lowest BCUT2D eigenvalue weighted by atomic mass is 9.63. The third-order valence-corrected chi connectivity index (χ3v) is 7.28. The topological polar surface area (TPSA) is 88.8 Å². The number of alkyl halides is 4. The molecule has 1 unspecified atom stereocenters. The zero-order valence-electron chi connectivity index (χ0n) is 17.6. The predicted molar refractivity (Wildman–Crippen MR) is 112 cm³/mol. The van der Waals surface area contributed by atoms with Crippen molar-refractivity contribution in [2.45, 2.75) is 69.6 Å². The highest BCUT2D eigenvalue weighted by Crippen LogP contribution is 2.50. The lowest BCUT2D eigenvalue weighted by molar-refractivity contribution is -0.0581. The number of nitrogens with zero attached hydrogens (tertiary/aromatic N) is 1. The van der Waals surface area contributed by atoms with Crippen LogP contribution in [-0.4, -0.2) is 28.2 Å². The van der Waals surface area contributed by atoms with Crippen molar-refractivity contribution in [3.05, 3.63) is 39.9 Å². The SMILES string of the molecule is NC(=O)c1nccc2[nH]c([C@H]3CC[C@@H](CC(F)F)CC3C3CCC(F)(F)CC3)cc(=O)c12. The van der Waals surface area contributed by atoms with E-state index in [9.17, 15) is 27.2 Å². The Balaban J connectivity index is 1.69. The summed E-state index contributed by atoms with van der Waals surface area (Å²) in [6.07, 6.45) is 0.858. The number of hydrogen-bond donors (Lipinski definition) is 2. The van der Waals surface area contributed by atoms with E-state index in [4.69, 9.17) is 5.73 Å². The molecule has 2 aromatic rings. The van der Waals surface area contributed by atoms with Crippen molar-refractivity contribution in [3.8, 4) is 0 Å². The first-order chi connectivity index (χ1) is 15.1. The van der Waals surface area contributed by atoms with Crippen LogP contribution < -0.4 is 11.2 Å². The van der Waals surface area contributed by atoms with Crippen LogP contribution in [0.15, 0.2) is 23.1 Å². The Hall–Kier alpha value is -2.45. The first-order valence-corrected chi connectivity index (χ1v) is 11.1. The van der Waals surface area contributed by atoms with Crippen LogP contribution >= 0.6 is 0 Å². The van der Waals surface area contributed by atoms with Crippen molar-refractivity contribution >= 4 is 16.8 Å². The van der Waals surface area contributed by atoms with Crippen molar-refractivity contribution < 1.29 is 22.4 Å². The van der Waals surface area contributed by atoms with E-state index in [1.54, 1.807) is 6.07 Å². The number of primary amides is 1. The quantitative estimate of drug-likeness (QED) is 0.625. The summed E-state index contributed by atoms with van der Waals surface area (Å²) >= 11 is 0. The number of nitrogens with two attached hydrogens (primary N) is 1. The molecular formula is C23H27F4N3O2. The van der Waals surface area contributed by atoms with Crippen LogP contribution in [0.1, 0.15) is 73.5 Å². The van der Waals surface area contributed by atoms with Crippen molar-refractivity contribution in [2.24, 2.45) is 23.5 Å². The number of pyridine rings is 2. The van der Waals surface area contributed by atoms with Gasteiger partial charge in [-0.1, -0.05) is 0 Å². The standard InChI is InChI=1S/C23H27F4N3O2/c24-19(25)10-12-1-2-14(15(9-12)13-3-6-23(26,27)7-4-13)17-11-18(31)20-16(30-17)5-8-29-21(20)22(28)32/h5,8,11-15,19H,1-4,6-7,9-10H2,(H2,28,32)(H,30,31)/t12-,14+,15?/m1/s1. The molecule has 174 valence electrons. The number of hydrogen-bond acceptors (Lipinski definition) is 3. The van der Waals surface area contributed by atoms with E-state index in [-0.39, 0.29) is 59.4 Å². The number of nitrogens with one attached hydrogen (secondary N) is 1. The molecule has 0 bridgehead atoms. The molecule has 0 aromatic carbocycles. The number of aromatic nitrogens is 2. The molecule has 2 heterocycles. The first-order valence-electron chi connectivity index (χ1n) is 11.1. The molecule has 0 aliphatic heterocycles. The maximum atomic E-state index is 13.8. The second-order valence-corrected chi connectivity index (χ2v) is 9.30. The molecule has 2 aliphatic rings. The molecule has 2 saturated carbocycles. The van der Waals surface area contributed by atoms with Crippen molar-refractivity contribution in [1.29, 1.82) is 0 Å². The Morgan fingerprint density at radius 3 is 2.59 bits per heavy atom. The van der Waals surface area contributed by atoms with Crippen LogP contribution in [0.4, 0.5) is 17.6 Å². The molecule has 3 N–H and O–H groups in total. The summed E-state index contributed by atoms with van der Waals surface area (Å²) in [5, 5.41) is 0.115. The minimum atomic E-state index is -2.67. The Morgan fingerprint density at radius 1 is 1.22 bits per heavy atom. The fourth-order valence-electron chi connectivity index (χ4n) is 5.77. The van der Waals surface area contributed by atoms with E-state index in [0.29, 0.717) is 43.3 Å². The van der Waals surface area contributed by atoms with Crippen LogP contribution in [0.3, 0.4) is 0 Å². The van der Waals surface area contributed by atoms with Crippen LogP contribution in [0.5, 0.6) is 0 Å². The second-order valence-electron chi connectivity index (χ2n) is 9.30. The third kappa shape index (κ3) is 4.66. The van der Waals surface area contributed by atoms with E-state index in [1.165, 1.54) is 12.3 Å². The summed E-state index contributed by atoms with van der Waals surface area (Å²) in [6, 6.07) is 3.02. The summed E-state index contributed by atoms with van der Waals surface area (Å²) in [5.41, 5.74) is 5.94. The van der Waals surface area contributed by atoms with E-state index in [2.05, 4.69) is 9.97 Å². The van der Waals surface area contributed by atoms with Gasteiger partial charge in [-0.2, -0.15) is 0 Å². The Morgan fingerprint density at radius 2 is 1.94 bits per heavy atom. The highest BCUT2D eigenvalue weighted by Gasteiger charge is 2.43. The van der Waals surface area contributed by atoms with Crippen LogP contribution in [0.25, 0.3) is 10.9 Å². The number of fused-ring (bicyclic) bond motifs is 1. The lowest BCUT2D eigenvalue weighted by Gasteiger charge is -2.43. The van der Waals surface area contributed by atoms with Gasteiger partial charge in [0.05, 0.1) is 10.9 Å². The summed E-state index contributed by atoms with van der Waals surface area (Å²) in [5.74, 6) is -3.81. The van der Waals surface area contributed by atoms with Gasteiger partial charge in [-0.05, 0) is 55.9 Å². The number of rotatable bonds is 5. The van der Waals surface area contributed by atoms with E-state index >= 15 is 0 Å². The second kappa shape index (κ2) is 8.83. The number of halogens is 4. The average Bonchev–Trinajstić information content (AvgIpc) is 2.72. The molecule has 1 amide bonds. The smallest absolute Gasteiger partial charge is 0.268 e. The Kier molecular flexibility index (Phi) is 6.27. The van der Waals surface area contributed by atoms with Gasteiger partial charge in [0.2, 0.25) is 12.3 Å². The molecule has 32 heavy (non-hydrogen) atoms. The van der Waals surface area contributed by atoms with Gasteiger partial charge >= 0.3 is 0 Å². The Labute approximate surface area is 182 Å². The predicted octanol–water partition coefficient (Wildman–Crippen LogP) is 5.00. The van der Waals surface area contributed by atoms with Gasteiger partial charge in [0.15, 0.2) is 5.43 Å². The number of amides is 1. The van der Waals surface area contributed by atoms with E-state index in [1.807, 2.05) is 0 Å². The largest absolute Gasteiger partial charge is 0.364 e. The highest BCUT2D eigenvalue weighted by molar-refractivity contribution is 6.03. The number of carbonyl (C=O) groups is 1. The summed E-state index contributed by atoms with van der Waals surface area (Å²) in [6.45, 7) is 0. The Bertz CT molecular complexity index is 1050. The van der Waals surface area contributed by atoms with Crippen LogP contribution in [0.2, 0.25) is 0 Å². The molecule has 0 spiro atoms. The molecule has 4 rings (SSSR count). The van der Waals surface area contributed by atoms with Crippen molar-refractivity contribution in [2.75, 3.05) is 0 Å². The van der Waals surface area contributed by atoms with Gasteiger partial charge in [0.25, 0.3) is 5.91 Å². The average molecular weight is 453 g/mol. The van der Waals surface area contributed by atoms with Crippen LogP contribution in [0, 0.1) is 17.8 Å². The molecule has 2 aromatic heterocycles. The summed E-state index contributed by atoms with van der Waals surface area (Å²) in [7, 11) is 0. The third-order valence-electron chi connectivity index (χ3n) is 7.28. The van der Waals surface area contributed by atoms with Gasteiger partial charge in [-0.15, -0.1) is 0 Å². The fraction of sp³-hybridized carbons (Fsp3) is 0.609. The minimum absolute atomic E-state index is 0.00193. The zero-order chi connectivity index (χ0) is 23.0. The maximum absolute atomic E-state index is 13.8. The number of carbonyl (C=O) groups excluding carboxylic acids is 1. The molecule has 2 aliphatic carbocycles. The van der Waals surface area contributed by atoms with Crippen LogP contribution in [-0.2, 0) is 0 Å². The number of aromatic amines is 1. The van der Waals surface area contributed by atoms with Crippen molar-refractivity contribution in [3.63, 3.8) is 0 Å². The maximum Gasteiger partial charge on any atom is 0.268 e. The monoisotopic (exact) mass is 453 g/mol. The molecular weight excluding hydrogens is 426 g/mol. The molecule has 0 saturated heterocycles. The van der Waals surface area contributed by atoms with Gasteiger partial charge in [0, 0.05) is 43.1 Å². The molecule has 3 atom stereocenters. The normalized spacial score (nSPS) is 26.5. The minimum Gasteiger partial charge on any atom is -0.364 e. The van der Waals surface area contributed by atoms with E-state index < -0.39 is 18.3 Å². The fourth-order valence-corrected chi connectivity index (χ4v) is 5.77. The highest BCUT2D eigenvalue weighted by atomic mass is 19.3. The summed E-state index contributed by atoms with van der Waals surface area (Å²) < 4.78 is 53.6. The molecule has 9 heteroatoms. The van der Waals surface area contributed by atoms with Gasteiger partial charge in [-0.25, -0.2) is 17.6 Å². The zero-order valence-corrected chi connectivity index (χ0v) is 17.6. The van der Waals surface area contributed by atoms with Gasteiger partial charge in [-0.3, -0.25) is 14.6 Å². The first kappa shape index (κ1) is 22.7. The van der Waals surface area contributed by atoms with Crippen molar-refractivity contribution in [1.82, 2.24) is 9.97 Å².